The van der Waals surface area contributed by atoms with Gasteiger partial charge in [0.25, 0.3) is 0 Å². The first-order chi connectivity index (χ1) is 5.85. The predicted octanol–water partition coefficient (Wildman–Crippen LogP) is 2.88. The van der Waals surface area contributed by atoms with Crippen LogP contribution in [0.5, 0.6) is 0 Å². The molecule has 0 fully saturated rings. The molecule has 0 aromatic carbocycles. The summed E-state index contributed by atoms with van der Waals surface area (Å²) in [6.45, 7) is 7.62. The van der Waals surface area contributed by atoms with Crippen LogP contribution >= 0.6 is 0 Å². The third-order valence-electron chi connectivity index (χ3n) is 1.74. The van der Waals surface area contributed by atoms with E-state index in [0.717, 1.165) is 12.0 Å². The van der Waals surface area contributed by atoms with Crippen molar-refractivity contribution in [2.24, 2.45) is 0 Å². The standard InChI is InChI=1S/C9H16F3N/c1-4-7(2)6-13-8(3)5-9(10,11)12/h8,13H,2,4-6H2,1,3H3. The zero-order valence-corrected chi connectivity index (χ0v) is 8.04. The third-order valence-corrected chi connectivity index (χ3v) is 1.74. The van der Waals surface area contributed by atoms with Crippen LogP contribution < -0.4 is 5.32 Å². The Morgan fingerprint density at radius 3 is 2.38 bits per heavy atom. The minimum Gasteiger partial charge on any atom is -0.310 e. The first-order valence-corrected chi connectivity index (χ1v) is 4.32. The van der Waals surface area contributed by atoms with E-state index in [1.54, 1.807) is 0 Å². The Bertz CT molecular complexity index is 163. The van der Waals surface area contributed by atoms with E-state index in [1.807, 2.05) is 6.92 Å². The van der Waals surface area contributed by atoms with Crippen molar-refractivity contribution in [3.63, 3.8) is 0 Å². The van der Waals surface area contributed by atoms with Crippen LogP contribution in [0.1, 0.15) is 26.7 Å². The van der Waals surface area contributed by atoms with E-state index in [4.69, 9.17) is 0 Å². The fourth-order valence-corrected chi connectivity index (χ4v) is 0.863. The monoisotopic (exact) mass is 195 g/mol. The van der Waals surface area contributed by atoms with Gasteiger partial charge in [-0.15, -0.1) is 0 Å². The van der Waals surface area contributed by atoms with Crippen molar-refractivity contribution in [2.45, 2.75) is 38.9 Å². The molecular formula is C9H16F3N. The maximum atomic E-state index is 11.8. The Morgan fingerprint density at radius 2 is 2.00 bits per heavy atom. The molecule has 0 saturated heterocycles. The highest BCUT2D eigenvalue weighted by molar-refractivity contribution is 4.95. The lowest BCUT2D eigenvalue weighted by Crippen LogP contribution is -2.32. The van der Waals surface area contributed by atoms with Crippen LogP contribution in [-0.4, -0.2) is 18.8 Å². The number of rotatable bonds is 5. The summed E-state index contributed by atoms with van der Waals surface area (Å²) in [4.78, 5) is 0. The average molecular weight is 195 g/mol. The molecule has 4 heteroatoms. The number of nitrogens with one attached hydrogen (secondary N) is 1. The van der Waals surface area contributed by atoms with Gasteiger partial charge in [-0.1, -0.05) is 19.1 Å². The minimum absolute atomic E-state index is 0.466. The van der Waals surface area contributed by atoms with Gasteiger partial charge in [-0.05, 0) is 13.3 Å². The van der Waals surface area contributed by atoms with Gasteiger partial charge < -0.3 is 5.32 Å². The van der Waals surface area contributed by atoms with Crippen molar-refractivity contribution in [3.05, 3.63) is 12.2 Å². The highest BCUT2D eigenvalue weighted by Crippen LogP contribution is 2.21. The molecule has 0 rings (SSSR count). The van der Waals surface area contributed by atoms with E-state index in [9.17, 15) is 13.2 Å². The molecular weight excluding hydrogens is 179 g/mol. The summed E-state index contributed by atoms with van der Waals surface area (Å²) in [7, 11) is 0. The van der Waals surface area contributed by atoms with E-state index in [0.29, 0.717) is 6.54 Å². The van der Waals surface area contributed by atoms with E-state index in [2.05, 4.69) is 11.9 Å². The number of hydrogen-bond donors (Lipinski definition) is 1. The first-order valence-electron chi connectivity index (χ1n) is 4.32. The molecule has 1 nitrogen and oxygen atoms in total. The van der Waals surface area contributed by atoms with Crippen molar-refractivity contribution in [1.29, 1.82) is 0 Å². The lowest BCUT2D eigenvalue weighted by molar-refractivity contribution is -0.138. The molecule has 78 valence electrons. The molecule has 0 heterocycles. The van der Waals surface area contributed by atoms with E-state index >= 15 is 0 Å². The fraction of sp³-hybridized carbons (Fsp3) is 0.778. The Labute approximate surface area is 77.0 Å². The van der Waals surface area contributed by atoms with Crippen molar-refractivity contribution in [1.82, 2.24) is 5.32 Å². The smallest absolute Gasteiger partial charge is 0.310 e. The van der Waals surface area contributed by atoms with Crippen molar-refractivity contribution < 1.29 is 13.2 Å². The Balaban J connectivity index is 3.63. The zero-order chi connectivity index (χ0) is 10.5. The quantitative estimate of drug-likeness (QED) is 0.665. The number of hydrogen-bond acceptors (Lipinski definition) is 1. The summed E-state index contributed by atoms with van der Waals surface area (Å²) < 4.78 is 35.5. The average Bonchev–Trinajstić information content (AvgIpc) is 1.97. The van der Waals surface area contributed by atoms with Gasteiger partial charge in [0.2, 0.25) is 0 Å². The molecule has 0 aromatic heterocycles. The van der Waals surface area contributed by atoms with Gasteiger partial charge in [-0.3, -0.25) is 0 Å². The Kier molecular flexibility index (Phi) is 5.06. The molecule has 0 aliphatic carbocycles. The molecule has 0 aromatic rings. The van der Waals surface area contributed by atoms with E-state index in [-0.39, 0.29) is 0 Å². The topological polar surface area (TPSA) is 12.0 Å². The largest absolute Gasteiger partial charge is 0.390 e. The van der Waals surface area contributed by atoms with Gasteiger partial charge >= 0.3 is 6.18 Å². The molecule has 13 heavy (non-hydrogen) atoms. The van der Waals surface area contributed by atoms with Gasteiger partial charge in [-0.25, -0.2) is 0 Å². The maximum Gasteiger partial charge on any atom is 0.390 e. The Hall–Kier alpha value is -0.510. The van der Waals surface area contributed by atoms with E-state index < -0.39 is 18.6 Å². The van der Waals surface area contributed by atoms with E-state index in [1.165, 1.54) is 6.92 Å². The van der Waals surface area contributed by atoms with Crippen molar-refractivity contribution in [2.75, 3.05) is 6.54 Å². The SMILES string of the molecule is C=C(CC)CNC(C)CC(F)(F)F. The maximum absolute atomic E-state index is 11.8. The first kappa shape index (κ1) is 12.5. The minimum atomic E-state index is -4.08. The van der Waals surface area contributed by atoms with Crippen LogP contribution in [0.3, 0.4) is 0 Å². The van der Waals surface area contributed by atoms with Gasteiger partial charge in [0.1, 0.15) is 0 Å². The Morgan fingerprint density at radius 1 is 1.46 bits per heavy atom. The molecule has 1 atom stereocenters. The molecule has 0 radical (unpaired) electrons. The van der Waals surface area contributed by atoms with Gasteiger partial charge in [0.15, 0.2) is 0 Å². The number of alkyl halides is 3. The summed E-state index contributed by atoms with van der Waals surface area (Å²) in [5.41, 5.74) is 0.925. The molecule has 0 spiro atoms. The summed E-state index contributed by atoms with van der Waals surface area (Å²) in [5, 5.41) is 2.77. The second-order valence-corrected chi connectivity index (χ2v) is 3.20. The summed E-state index contributed by atoms with van der Waals surface area (Å²) in [6, 6.07) is -0.539. The van der Waals surface area contributed by atoms with Crippen molar-refractivity contribution in [3.8, 4) is 0 Å². The fourth-order valence-electron chi connectivity index (χ4n) is 0.863. The lowest BCUT2D eigenvalue weighted by Gasteiger charge is -2.16. The predicted molar refractivity (Wildman–Crippen MR) is 47.6 cm³/mol. The molecule has 0 amide bonds. The normalized spacial score (nSPS) is 14.2. The molecule has 0 bridgehead atoms. The van der Waals surface area contributed by atoms with Crippen LogP contribution in [0.15, 0.2) is 12.2 Å². The van der Waals surface area contributed by atoms with Gasteiger partial charge in [0, 0.05) is 12.6 Å². The number of halogens is 3. The molecule has 0 aliphatic rings. The second-order valence-electron chi connectivity index (χ2n) is 3.20. The molecule has 0 aliphatic heterocycles. The van der Waals surface area contributed by atoms with Crippen LogP contribution in [-0.2, 0) is 0 Å². The van der Waals surface area contributed by atoms with Crippen LogP contribution in [0.25, 0.3) is 0 Å². The zero-order valence-electron chi connectivity index (χ0n) is 8.04. The van der Waals surface area contributed by atoms with Gasteiger partial charge in [-0.2, -0.15) is 13.2 Å². The second kappa shape index (κ2) is 5.27. The van der Waals surface area contributed by atoms with Crippen LogP contribution in [0.2, 0.25) is 0 Å². The molecule has 1 N–H and O–H groups in total. The van der Waals surface area contributed by atoms with Crippen LogP contribution in [0, 0.1) is 0 Å². The van der Waals surface area contributed by atoms with Crippen LogP contribution in [0.4, 0.5) is 13.2 Å². The highest BCUT2D eigenvalue weighted by Gasteiger charge is 2.29. The molecule has 1 unspecified atom stereocenters. The van der Waals surface area contributed by atoms with Gasteiger partial charge in [0.05, 0.1) is 6.42 Å². The summed E-state index contributed by atoms with van der Waals surface area (Å²) in [6.07, 6.45) is -4.07. The summed E-state index contributed by atoms with van der Waals surface area (Å²) in [5.74, 6) is 0. The highest BCUT2D eigenvalue weighted by atomic mass is 19.4. The lowest BCUT2D eigenvalue weighted by atomic mass is 10.2. The van der Waals surface area contributed by atoms with Crippen molar-refractivity contribution >= 4 is 0 Å². The third kappa shape index (κ3) is 7.84. The summed E-state index contributed by atoms with van der Waals surface area (Å²) >= 11 is 0. The molecule has 0 saturated carbocycles.